The Morgan fingerprint density at radius 2 is 2.17 bits per heavy atom. The number of guanidine groups is 1. The Morgan fingerprint density at radius 1 is 1.39 bits per heavy atom. The topological polar surface area (TPSA) is 102 Å². The molecule has 1 aromatic carbocycles. The fourth-order valence-electron chi connectivity index (χ4n) is 1.25. The van der Waals surface area contributed by atoms with E-state index in [1.165, 1.54) is 6.21 Å². The maximum absolute atomic E-state index is 9.50. The Morgan fingerprint density at radius 3 is 2.89 bits per heavy atom. The number of hydrazone groups is 2. The van der Waals surface area contributed by atoms with E-state index in [9.17, 15) is 10.2 Å². The average molecular weight is 247 g/mol. The van der Waals surface area contributed by atoms with Gasteiger partial charge < -0.3 is 10.2 Å². The quantitative estimate of drug-likeness (QED) is 0.452. The molecule has 0 bridgehead atoms. The molecule has 1 atom stereocenters. The van der Waals surface area contributed by atoms with Crippen molar-refractivity contribution < 1.29 is 10.2 Å². The van der Waals surface area contributed by atoms with Gasteiger partial charge in [-0.3, -0.25) is 5.43 Å². The molecule has 0 saturated heterocycles. The summed E-state index contributed by atoms with van der Waals surface area (Å²) in [5.41, 5.74) is 5.78. The minimum Gasteiger partial charge on any atom is -0.507 e. The molecule has 1 heterocycles. The van der Waals surface area contributed by atoms with Crippen LogP contribution in [0.5, 0.6) is 5.75 Å². The maximum Gasteiger partial charge on any atom is 0.263 e. The normalized spacial score (nSPS) is 19.1. The Hall–Kier alpha value is -2.57. The van der Waals surface area contributed by atoms with Crippen molar-refractivity contribution in [3.63, 3.8) is 0 Å². The Balaban J connectivity index is 1.99. The molecule has 0 spiro atoms. The van der Waals surface area contributed by atoms with Gasteiger partial charge in [0.1, 0.15) is 11.8 Å². The molecule has 1 aliphatic heterocycles. The number of benzene rings is 1. The van der Waals surface area contributed by atoms with Gasteiger partial charge in [0.15, 0.2) is 0 Å². The van der Waals surface area contributed by atoms with Crippen LogP contribution in [-0.4, -0.2) is 34.3 Å². The van der Waals surface area contributed by atoms with E-state index in [4.69, 9.17) is 0 Å². The van der Waals surface area contributed by atoms with Gasteiger partial charge in [0.2, 0.25) is 5.90 Å². The van der Waals surface area contributed by atoms with Crippen molar-refractivity contribution >= 4 is 18.1 Å². The van der Waals surface area contributed by atoms with E-state index in [2.05, 4.69) is 26.0 Å². The zero-order valence-corrected chi connectivity index (χ0v) is 9.70. The summed E-state index contributed by atoms with van der Waals surface area (Å²) in [5, 5.41) is 26.6. The third kappa shape index (κ3) is 2.76. The lowest BCUT2D eigenvalue weighted by atomic mass is 10.2. The highest BCUT2D eigenvalue weighted by Gasteiger charge is 2.13. The number of nitrogens with one attached hydrogen (secondary N) is 2. The average Bonchev–Trinajstić information content (AvgIpc) is 2.36. The predicted octanol–water partition coefficient (Wildman–Crippen LogP) is 0.535. The van der Waals surface area contributed by atoms with E-state index < -0.39 is 0 Å². The number of phenols is 1. The summed E-state index contributed by atoms with van der Waals surface area (Å²) in [7, 11) is 0. The van der Waals surface area contributed by atoms with Crippen LogP contribution >= 0.6 is 0 Å². The maximum atomic E-state index is 9.50. The highest BCUT2D eigenvalue weighted by molar-refractivity contribution is 5.96. The summed E-state index contributed by atoms with van der Waals surface area (Å²) in [6.07, 6.45) is 1.43. The van der Waals surface area contributed by atoms with Crippen LogP contribution in [0.1, 0.15) is 12.5 Å². The molecular formula is C11H13N5O2. The lowest BCUT2D eigenvalue weighted by molar-refractivity contribution is 0.474. The van der Waals surface area contributed by atoms with Crippen molar-refractivity contribution in [1.82, 2.24) is 10.9 Å². The van der Waals surface area contributed by atoms with Crippen molar-refractivity contribution in [2.45, 2.75) is 13.0 Å². The Labute approximate surface area is 104 Å². The van der Waals surface area contributed by atoms with Crippen molar-refractivity contribution in [3.8, 4) is 5.75 Å². The second-order valence-corrected chi connectivity index (χ2v) is 3.69. The highest BCUT2D eigenvalue weighted by Crippen LogP contribution is 2.12. The molecule has 0 radical (unpaired) electrons. The summed E-state index contributed by atoms with van der Waals surface area (Å²) in [6.45, 7) is 1.73. The van der Waals surface area contributed by atoms with Gasteiger partial charge in [-0.1, -0.05) is 12.1 Å². The number of aliphatic hydroxyl groups is 1. The molecule has 2 rings (SSSR count). The van der Waals surface area contributed by atoms with Gasteiger partial charge in [-0.15, -0.1) is 5.10 Å². The summed E-state index contributed by atoms with van der Waals surface area (Å²) >= 11 is 0. The molecule has 0 amide bonds. The third-order valence-electron chi connectivity index (χ3n) is 2.28. The lowest BCUT2D eigenvalue weighted by Gasteiger charge is -2.14. The smallest absolute Gasteiger partial charge is 0.263 e. The van der Waals surface area contributed by atoms with E-state index in [0.29, 0.717) is 5.56 Å². The molecule has 0 saturated carbocycles. The fraction of sp³-hybridized carbons (Fsp3) is 0.182. The van der Waals surface area contributed by atoms with Gasteiger partial charge in [-0.05, 0) is 19.1 Å². The molecule has 18 heavy (non-hydrogen) atoms. The standard InChI is InChI=1S/C11H13N5O2/c1-7-10(18)13-11(16-14-7)15-12-6-8-4-2-3-5-9(8)17/h2-7,14,17H,1H3,(H2,13,15,16,18)/b12-6+. The van der Waals surface area contributed by atoms with Gasteiger partial charge in [0.05, 0.1) is 6.21 Å². The molecular weight excluding hydrogens is 234 g/mol. The van der Waals surface area contributed by atoms with Crippen molar-refractivity contribution in [1.29, 1.82) is 0 Å². The minimum atomic E-state index is -0.308. The van der Waals surface area contributed by atoms with Gasteiger partial charge in [0, 0.05) is 5.56 Å². The second kappa shape index (κ2) is 5.17. The van der Waals surface area contributed by atoms with E-state index >= 15 is 0 Å². The van der Waals surface area contributed by atoms with Gasteiger partial charge >= 0.3 is 0 Å². The van der Waals surface area contributed by atoms with Crippen molar-refractivity contribution in [2.24, 2.45) is 15.2 Å². The van der Waals surface area contributed by atoms with E-state index in [1.807, 2.05) is 0 Å². The number of nitrogens with zero attached hydrogens (tertiary/aromatic N) is 3. The molecule has 1 unspecified atom stereocenters. The second-order valence-electron chi connectivity index (χ2n) is 3.69. The Kier molecular flexibility index (Phi) is 3.42. The van der Waals surface area contributed by atoms with E-state index in [0.717, 1.165) is 0 Å². The molecule has 0 aliphatic carbocycles. The number of hydrogen-bond acceptors (Lipinski definition) is 6. The number of phenolic OH excluding ortho intramolecular Hbond substituents is 1. The first-order chi connectivity index (χ1) is 8.66. The van der Waals surface area contributed by atoms with E-state index in [1.54, 1.807) is 31.2 Å². The monoisotopic (exact) mass is 247 g/mol. The highest BCUT2D eigenvalue weighted by atomic mass is 16.3. The zero-order chi connectivity index (χ0) is 13.0. The first-order valence-corrected chi connectivity index (χ1v) is 5.34. The molecule has 7 heteroatoms. The first kappa shape index (κ1) is 11.9. The lowest BCUT2D eigenvalue weighted by Crippen LogP contribution is -2.38. The molecule has 94 valence electrons. The summed E-state index contributed by atoms with van der Waals surface area (Å²) in [4.78, 5) is 3.79. The summed E-state index contributed by atoms with van der Waals surface area (Å²) in [5.74, 6) is 0.217. The van der Waals surface area contributed by atoms with Crippen LogP contribution in [0.4, 0.5) is 0 Å². The fourth-order valence-corrected chi connectivity index (χ4v) is 1.25. The summed E-state index contributed by atoms with van der Waals surface area (Å²) < 4.78 is 0. The number of aromatic hydroxyl groups is 1. The zero-order valence-electron chi connectivity index (χ0n) is 9.70. The number of aliphatic imine (C=N–C) groups is 1. The number of hydrogen-bond donors (Lipinski definition) is 4. The molecule has 4 N–H and O–H groups in total. The van der Waals surface area contributed by atoms with Crippen molar-refractivity contribution in [3.05, 3.63) is 29.8 Å². The number of para-hydroxylation sites is 1. The first-order valence-electron chi connectivity index (χ1n) is 5.34. The van der Waals surface area contributed by atoms with Crippen LogP contribution in [0.15, 0.2) is 39.5 Å². The van der Waals surface area contributed by atoms with Gasteiger partial charge in [-0.2, -0.15) is 10.1 Å². The van der Waals surface area contributed by atoms with Crippen LogP contribution < -0.4 is 10.9 Å². The Bertz CT molecular complexity index is 524. The minimum absolute atomic E-state index is 0.0646. The molecule has 7 nitrogen and oxygen atoms in total. The van der Waals surface area contributed by atoms with Crippen LogP contribution in [0, 0.1) is 0 Å². The molecule has 1 aromatic rings. The predicted molar refractivity (Wildman–Crippen MR) is 68.9 cm³/mol. The van der Waals surface area contributed by atoms with Crippen molar-refractivity contribution in [2.75, 3.05) is 0 Å². The molecule has 0 aromatic heterocycles. The van der Waals surface area contributed by atoms with Crippen LogP contribution in [0.25, 0.3) is 0 Å². The third-order valence-corrected chi connectivity index (χ3v) is 2.28. The molecule has 0 fully saturated rings. The SMILES string of the molecule is CC1NN=C(N/N=C/c2ccccc2O)N=C1O. The van der Waals surface area contributed by atoms with Crippen LogP contribution in [-0.2, 0) is 0 Å². The molecule has 1 aliphatic rings. The number of rotatable bonds is 2. The van der Waals surface area contributed by atoms with Crippen LogP contribution in [0.3, 0.4) is 0 Å². The summed E-state index contributed by atoms with van der Waals surface area (Å²) in [6, 6.07) is 6.47. The largest absolute Gasteiger partial charge is 0.507 e. The van der Waals surface area contributed by atoms with Gasteiger partial charge in [-0.25, -0.2) is 5.43 Å². The number of aliphatic hydroxyl groups excluding tert-OH is 1. The van der Waals surface area contributed by atoms with E-state index in [-0.39, 0.29) is 23.6 Å². The van der Waals surface area contributed by atoms with Crippen LogP contribution in [0.2, 0.25) is 0 Å². The van der Waals surface area contributed by atoms with Gasteiger partial charge in [0.25, 0.3) is 5.96 Å².